The lowest BCUT2D eigenvalue weighted by Crippen LogP contribution is -2.46. The van der Waals surface area contributed by atoms with Gasteiger partial charge in [-0.05, 0) is 68.9 Å². The number of hydrogen-bond acceptors (Lipinski definition) is 7. The first-order valence-electron chi connectivity index (χ1n) is 13.7. The molecule has 0 spiro atoms. The van der Waals surface area contributed by atoms with E-state index in [1.807, 2.05) is 12.1 Å². The standard InChI is InChI=1S/C29H27F3N4O5/c30-29(31,32)40-24-4-2-1-3-22(24)26-23(27(41-34-26)16-5-6-16)15-39-21-12-19-7-8-20(13-21)36(19)25-10-9-18-11-17(28(37)38)14-35(18)33-25/h1-4,9-11,14,16,19-21H,5-8,12-13,15H2,(H,37,38). The second-order valence-corrected chi connectivity index (χ2v) is 11.0. The van der Waals surface area contributed by atoms with Crippen molar-refractivity contribution < 1.29 is 37.1 Å². The normalized spacial score (nSPS) is 22.4. The van der Waals surface area contributed by atoms with E-state index in [4.69, 9.17) is 14.4 Å². The number of halogens is 3. The van der Waals surface area contributed by atoms with Crippen molar-refractivity contribution in [2.45, 2.75) is 75.6 Å². The highest BCUT2D eigenvalue weighted by molar-refractivity contribution is 5.89. The van der Waals surface area contributed by atoms with Crippen molar-refractivity contribution >= 4 is 17.3 Å². The van der Waals surface area contributed by atoms with Crippen LogP contribution in [0.2, 0.25) is 0 Å². The van der Waals surface area contributed by atoms with Crippen molar-refractivity contribution in [3.05, 3.63) is 65.5 Å². The van der Waals surface area contributed by atoms with E-state index in [0.717, 1.165) is 49.9 Å². The predicted molar refractivity (Wildman–Crippen MR) is 140 cm³/mol. The van der Waals surface area contributed by atoms with Crippen molar-refractivity contribution in [2.24, 2.45) is 0 Å². The summed E-state index contributed by atoms with van der Waals surface area (Å²) in [5, 5.41) is 18.2. The molecule has 2 bridgehead atoms. The number of carboxylic acid groups (broad SMARTS) is 1. The van der Waals surface area contributed by atoms with Crippen molar-refractivity contribution in [1.29, 1.82) is 0 Å². The number of aromatic carboxylic acids is 1. The molecule has 2 atom stereocenters. The fraction of sp³-hybridized carbons (Fsp3) is 0.414. The number of alkyl halides is 3. The molecule has 5 heterocycles. The zero-order valence-electron chi connectivity index (χ0n) is 21.9. The first kappa shape index (κ1) is 25.9. The maximum absolute atomic E-state index is 13.1. The summed E-state index contributed by atoms with van der Waals surface area (Å²) in [7, 11) is 0. The number of carboxylic acids is 1. The molecule has 2 aliphatic heterocycles. The van der Waals surface area contributed by atoms with Gasteiger partial charge in [-0.15, -0.1) is 13.2 Å². The summed E-state index contributed by atoms with van der Waals surface area (Å²) in [6.45, 7) is 0.181. The second-order valence-electron chi connectivity index (χ2n) is 11.0. The molecule has 3 fully saturated rings. The molecule has 2 unspecified atom stereocenters. The van der Waals surface area contributed by atoms with Crippen LogP contribution >= 0.6 is 0 Å². The van der Waals surface area contributed by atoms with Crippen LogP contribution in [0.5, 0.6) is 5.75 Å². The Morgan fingerprint density at radius 3 is 2.54 bits per heavy atom. The fourth-order valence-corrected chi connectivity index (χ4v) is 6.29. The molecule has 214 valence electrons. The second kappa shape index (κ2) is 9.79. The van der Waals surface area contributed by atoms with Gasteiger partial charge in [-0.3, -0.25) is 0 Å². The molecule has 12 heteroatoms. The van der Waals surface area contributed by atoms with Gasteiger partial charge in [0.05, 0.1) is 23.8 Å². The quantitative estimate of drug-likeness (QED) is 0.269. The molecule has 1 aromatic carbocycles. The number of aromatic nitrogens is 3. The van der Waals surface area contributed by atoms with Gasteiger partial charge in [0.1, 0.15) is 23.0 Å². The summed E-state index contributed by atoms with van der Waals surface area (Å²) in [5.74, 6) is 0.347. The predicted octanol–water partition coefficient (Wildman–Crippen LogP) is 6.18. The molecule has 0 radical (unpaired) electrons. The molecule has 9 nitrogen and oxygen atoms in total. The number of carbonyl (C=O) groups is 1. The molecule has 3 aliphatic rings. The van der Waals surface area contributed by atoms with E-state index in [1.165, 1.54) is 18.3 Å². The molecule has 1 aliphatic carbocycles. The van der Waals surface area contributed by atoms with Crippen LogP contribution < -0.4 is 9.64 Å². The monoisotopic (exact) mass is 568 g/mol. The zero-order chi connectivity index (χ0) is 28.3. The van der Waals surface area contributed by atoms with E-state index >= 15 is 0 Å². The molecule has 3 aromatic heterocycles. The Morgan fingerprint density at radius 1 is 1.07 bits per heavy atom. The van der Waals surface area contributed by atoms with E-state index in [-0.39, 0.29) is 47.6 Å². The van der Waals surface area contributed by atoms with Crippen molar-refractivity contribution in [3.8, 4) is 17.0 Å². The lowest BCUT2D eigenvalue weighted by Gasteiger charge is -2.39. The number of ether oxygens (including phenoxy) is 2. The molecule has 41 heavy (non-hydrogen) atoms. The van der Waals surface area contributed by atoms with Crippen LogP contribution in [-0.4, -0.2) is 50.4 Å². The molecular formula is C29H27F3N4O5. The first-order chi connectivity index (χ1) is 19.7. The average Bonchev–Trinajstić information content (AvgIpc) is 3.44. The third kappa shape index (κ3) is 5.01. The van der Waals surface area contributed by atoms with Crippen LogP contribution in [0.1, 0.15) is 66.1 Å². The van der Waals surface area contributed by atoms with Gasteiger partial charge in [0.15, 0.2) is 0 Å². The third-order valence-electron chi connectivity index (χ3n) is 8.24. The third-order valence-corrected chi connectivity index (χ3v) is 8.24. The number of rotatable bonds is 8. The number of nitrogens with zero attached hydrogens (tertiary/aromatic N) is 4. The highest BCUT2D eigenvalue weighted by atomic mass is 19.4. The summed E-state index contributed by atoms with van der Waals surface area (Å²) >= 11 is 0. The highest BCUT2D eigenvalue weighted by Gasteiger charge is 2.43. The number of hydrogen-bond donors (Lipinski definition) is 1. The van der Waals surface area contributed by atoms with Crippen molar-refractivity contribution in [2.75, 3.05) is 4.90 Å². The Labute approximate surface area is 232 Å². The Kier molecular flexibility index (Phi) is 6.18. The molecule has 1 saturated carbocycles. The summed E-state index contributed by atoms with van der Waals surface area (Å²) in [5.41, 5.74) is 2.11. The number of benzene rings is 1. The SMILES string of the molecule is O=C(O)c1cc2ccc(N3C4CCC3CC(OCc3c(-c5ccccc5OC(F)(F)F)noc3C3CC3)C4)nn2c1. The molecular weight excluding hydrogens is 541 g/mol. The van der Waals surface area contributed by atoms with E-state index in [2.05, 4.69) is 14.8 Å². The maximum atomic E-state index is 13.1. The van der Waals surface area contributed by atoms with Gasteiger partial charge >= 0.3 is 12.3 Å². The molecule has 7 rings (SSSR count). The average molecular weight is 569 g/mol. The molecule has 0 amide bonds. The van der Waals surface area contributed by atoms with Gasteiger partial charge in [-0.25, -0.2) is 9.31 Å². The van der Waals surface area contributed by atoms with Crippen LogP contribution in [0.4, 0.5) is 19.0 Å². The molecule has 1 N–H and O–H groups in total. The minimum absolute atomic E-state index is 0.0471. The minimum atomic E-state index is -4.83. The Morgan fingerprint density at radius 2 is 1.83 bits per heavy atom. The largest absolute Gasteiger partial charge is 0.573 e. The van der Waals surface area contributed by atoms with Gasteiger partial charge in [0, 0.05) is 35.3 Å². The highest BCUT2D eigenvalue weighted by Crippen LogP contribution is 2.46. The van der Waals surface area contributed by atoms with Crippen LogP contribution in [0.25, 0.3) is 16.8 Å². The van der Waals surface area contributed by atoms with Gasteiger partial charge in [0.2, 0.25) is 0 Å². The Hall–Kier alpha value is -4.06. The van der Waals surface area contributed by atoms with Crippen molar-refractivity contribution in [3.63, 3.8) is 0 Å². The number of para-hydroxylation sites is 1. The zero-order valence-corrected chi connectivity index (χ0v) is 21.9. The van der Waals surface area contributed by atoms with Gasteiger partial charge in [-0.1, -0.05) is 17.3 Å². The summed E-state index contributed by atoms with van der Waals surface area (Å²) in [6.07, 6.45) is 2.05. The van der Waals surface area contributed by atoms with Crippen LogP contribution in [0, 0.1) is 0 Å². The molecule has 4 aromatic rings. The van der Waals surface area contributed by atoms with Crippen LogP contribution in [-0.2, 0) is 11.3 Å². The first-order valence-corrected chi connectivity index (χ1v) is 13.7. The summed E-state index contributed by atoms with van der Waals surface area (Å²) in [4.78, 5) is 13.7. The lowest BCUT2D eigenvalue weighted by atomic mass is 9.99. The van der Waals surface area contributed by atoms with Crippen LogP contribution in [0.3, 0.4) is 0 Å². The lowest BCUT2D eigenvalue weighted by molar-refractivity contribution is -0.274. The smallest absolute Gasteiger partial charge is 0.478 e. The van der Waals surface area contributed by atoms with Gasteiger partial charge in [0.25, 0.3) is 0 Å². The topological polar surface area (TPSA) is 102 Å². The number of anilines is 1. The van der Waals surface area contributed by atoms with Gasteiger partial charge in [-0.2, -0.15) is 5.10 Å². The number of fused-ring (bicyclic) bond motifs is 3. The van der Waals surface area contributed by atoms with E-state index in [9.17, 15) is 23.1 Å². The van der Waals surface area contributed by atoms with Gasteiger partial charge < -0.3 is 24.0 Å². The molecule has 2 saturated heterocycles. The van der Waals surface area contributed by atoms with E-state index < -0.39 is 12.3 Å². The maximum Gasteiger partial charge on any atom is 0.573 e. The van der Waals surface area contributed by atoms with Crippen LogP contribution in [0.15, 0.2) is 53.2 Å². The van der Waals surface area contributed by atoms with Crippen molar-refractivity contribution in [1.82, 2.24) is 14.8 Å². The van der Waals surface area contributed by atoms with E-state index in [1.54, 1.807) is 22.7 Å². The van der Waals surface area contributed by atoms with E-state index in [0.29, 0.717) is 17.0 Å². The number of piperidine rings is 1. The minimum Gasteiger partial charge on any atom is -0.478 e. The summed E-state index contributed by atoms with van der Waals surface area (Å²) in [6, 6.07) is 11.8. The Bertz CT molecular complexity index is 1600. The Balaban J connectivity index is 1.09. The summed E-state index contributed by atoms with van der Waals surface area (Å²) < 4.78 is 57.3. The fourth-order valence-electron chi connectivity index (χ4n) is 6.29.